The highest BCUT2D eigenvalue weighted by Gasteiger charge is 2.58. The molecule has 1 unspecified atom stereocenters. The van der Waals surface area contributed by atoms with Gasteiger partial charge in [-0.05, 0) is 26.1 Å². The molecule has 0 amide bonds. The summed E-state index contributed by atoms with van der Waals surface area (Å²) in [5.74, 6) is 1.58. The first kappa shape index (κ1) is 17.0. The average Bonchev–Trinajstić information content (AvgIpc) is 3.09. The van der Waals surface area contributed by atoms with Gasteiger partial charge in [-0.25, -0.2) is 13.4 Å². The van der Waals surface area contributed by atoms with Gasteiger partial charge >= 0.3 is 0 Å². The molecule has 0 bridgehead atoms. The number of rotatable bonds is 3. The van der Waals surface area contributed by atoms with Gasteiger partial charge in [0, 0.05) is 31.6 Å². The number of likely N-dealkylation sites (tertiary alicyclic amines) is 1. The molecule has 1 aromatic heterocycles. The number of halogens is 1. The van der Waals surface area contributed by atoms with E-state index in [1.165, 1.54) is 4.31 Å². The van der Waals surface area contributed by atoms with E-state index in [1.54, 1.807) is 30.5 Å². The molecule has 134 valence electrons. The van der Waals surface area contributed by atoms with Crippen molar-refractivity contribution in [1.82, 2.24) is 14.2 Å². The molecule has 0 saturated carbocycles. The zero-order chi connectivity index (χ0) is 17.8. The molecular weight excluding hydrogens is 362 g/mol. The van der Waals surface area contributed by atoms with Crippen molar-refractivity contribution in [1.29, 1.82) is 0 Å². The maximum atomic E-state index is 12.9. The van der Waals surface area contributed by atoms with Crippen LogP contribution in [0.4, 0.5) is 0 Å². The Morgan fingerprint density at radius 1 is 1.28 bits per heavy atom. The number of benzene rings is 1. The minimum atomic E-state index is -3.58. The Kier molecular flexibility index (Phi) is 3.95. The van der Waals surface area contributed by atoms with Gasteiger partial charge in [0.15, 0.2) is 5.89 Å². The minimum Gasteiger partial charge on any atom is -0.446 e. The van der Waals surface area contributed by atoms with Crippen LogP contribution >= 0.6 is 11.6 Å². The quantitative estimate of drug-likeness (QED) is 0.816. The number of hydrogen-bond donors (Lipinski definition) is 0. The highest BCUT2D eigenvalue weighted by atomic mass is 35.5. The van der Waals surface area contributed by atoms with Gasteiger partial charge in [0.05, 0.1) is 17.1 Å². The summed E-state index contributed by atoms with van der Waals surface area (Å²) in [5, 5.41) is 0.256. The lowest BCUT2D eigenvalue weighted by atomic mass is 9.73. The van der Waals surface area contributed by atoms with Crippen molar-refractivity contribution in [2.24, 2.45) is 5.41 Å². The summed E-state index contributed by atoms with van der Waals surface area (Å²) in [6.07, 6.45) is 1.72. The van der Waals surface area contributed by atoms with Gasteiger partial charge in [0.2, 0.25) is 10.0 Å². The molecule has 1 atom stereocenters. The molecule has 0 radical (unpaired) electrons. The van der Waals surface area contributed by atoms with E-state index in [4.69, 9.17) is 16.0 Å². The van der Waals surface area contributed by atoms with E-state index in [-0.39, 0.29) is 21.3 Å². The molecule has 8 heteroatoms. The van der Waals surface area contributed by atoms with Crippen LogP contribution in [-0.2, 0) is 10.0 Å². The molecule has 2 aromatic rings. The third-order valence-corrected chi connectivity index (χ3v) is 7.48. The Morgan fingerprint density at radius 2 is 2.00 bits per heavy atom. The summed E-state index contributed by atoms with van der Waals surface area (Å²) in [4.78, 5) is 6.77. The summed E-state index contributed by atoms with van der Waals surface area (Å²) < 4.78 is 33.0. The normalized spacial score (nSPS) is 23.9. The van der Waals surface area contributed by atoms with E-state index in [1.807, 2.05) is 14.0 Å². The Bertz CT molecular complexity index is 905. The van der Waals surface area contributed by atoms with Gasteiger partial charge in [0.1, 0.15) is 10.7 Å². The zero-order valence-corrected chi connectivity index (χ0v) is 15.7. The van der Waals surface area contributed by atoms with Crippen molar-refractivity contribution < 1.29 is 12.8 Å². The largest absolute Gasteiger partial charge is 0.446 e. The fraction of sp³-hybridized carbons (Fsp3) is 0.471. The van der Waals surface area contributed by atoms with E-state index in [9.17, 15) is 8.42 Å². The van der Waals surface area contributed by atoms with Crippen molar-refractivity contribution in [2.45, 2.75) is 17.7 Å². The summed E-state index contributed by atoms with van der Waals surface area (Å²) in [7, 11) is -1.54. The first-order valence-corrected chi connectivity index (χ1v) is 9.99. The summed E-state index contributed by atoms with van der Waals surface area (Å²) in [6.45, 7) is 4.43. The Balaban J connectivity index is 1.60. The van der Waals surface area contributed by atoms with Gasteiger partial charge < -0.3 is 9.32 Å². The number of aromatic nitrogens is 1. The molecule has 6 nitrogen and oxygen atoms in total. The predicted molar refractivity (Wildman–Crippen MR) is 94.1 cm³/mol. The Hall–Kier alpha value is -1.41. The molecule has 0 aliphatic carbocycles. The molecule has 1 spiro atoms. The first-order chi connectivity index (χ1) is 11.8. The maximum Gasteiger partial charge on any atom is 0.244 e. The molecule has 0 N–H and O–H groups in total. The van der Waals surface area contributed by atoms with Crippen molar-refractivity contribution in [2.75, 3.05) is 33.2 Å². The fourth-order valence-corrected chi connectivity index (χ4v) is 6.16. The van der Waals surface area contributed by atoms with Crippen molar-refractivity contribution in [3.05, 3.63) is 47.1 Å². The molecule has 25 heavy (non-hydrogen) atoms. The standard InChI is InChI=1S/C17H20ClN3O3S/c1-12-7-19-16(24-12)13-8-20(2)9-17(13)10-21(11-17)25(22,23)15-6-4-3-5-14(15)18/h3-7,13H,8-11H2,1-2H3. The highest BCUT2D eigenvalue weighted by molar-refractivity contribution is 7.89. The number of sulfonamides is 1. The minimum absolute atomic E-state index is 0.101. The SMILES string of the molecule is Cc1cnc(C2CN(C)CC23CN(S(=O)(=O)c2ccccc2Cl)C3)o1. The van der Waals surface area contributed by atoms with E-state index in [0.29, 0.717) is 19.0 Å². The van der Waals surface area contributed by atoms with Crippen LogP contribution in [0.15, 0.2) is 39.8 Å². The smallest absolute Gasteiger partial charge is 0.244 e. The second kappa shape index (κ2) is 5.81. The van der Waals surface area contributed by atoms with Crippen LogP contribution in [0, 0.1) is 12.3 Å². The van der Waals surface area contributed by atoms with Crippen molar-refractivity contribution in [3.8, 4) is 0 Å². The third kappa shape index (κ3) is 2.70. The van der Waals surface area contributed by atoms with E-state index >= 15 is 0 Å². The van der Waals surface area contributed by atoms with Crippen molar-refractivity contribution in [3.63, 3.8) is 0 Å². The van der Waals surface area contributed by atoms with E-state index in [2.05, 4.69) is 9.88 Å². The molecule has 2 aliphatic heterocycles. The van der Waals surface area contributed by atoms with Crippen molar-refractivity contribution >= 4 is 21.6 Å². The lowest BCUT2D eigenvalue weighted by Gasteiger charge is -2.49. The monoisotopic (exact) mass is 381 g/mol. The van der Waals surface area contributed by atoms with E-state index < -0.39 is 10.0 Å². The fourth-order valence-electron chi connectivity index (χ4n) is 4.03. The van der Waals surface area contributed by atoms with Crippen LogP contribution in [-0.4, -0.2) is 55.8 Å². The highest BCUT2D eigenvalue weighted by Crippen LogP contribution is 2.50. The topological polar surface area (TPSA) is 66.7 Å². The van der Waals surface area contributed by atoms with Gasteiger partial charge in [-0.3, -0.25) is 0 Å². The predicted octanol–water partition coefficient (Wildman–Crippen LogP) is 2.36. The van der Waals surface area contributed by atoms with Crippen LogP contribution in [0.2, 0.25) is 5.02 Å². The molecule has 3 heterocycles. The lowest BCUT2D eigenvalue weighted by Crippen LogP contribution is -2.61. The molecule has 2 aliphatic rings. The van der Waals surface area contributed by atoms with Crippen LogP contribution in [0.3, 0.4) is 0 Å². The molecular formula is C17H20ClN3O3S. The Labute approximate surface area is 152 Å². The number of hydrogen-bond acceptors (Lipinski definition) is 5. The van der Waals surface area contributed by atoms with Crippen LogP contribution < -0.4 is 0 Å². The number of nitrogens with zero attached hydrogens (tertiary/aromatic N) is 3. The second-order valence-electron chi connectivity index (χ2n) is 7.12. The van der Waals surface area contributed by atoms with E-state index in [0.717, 1.165) is 18.8 Å². The summed E-state index contributed by atoms with van der Waals surface area (Å²) in [5.41, 5.74) is -0.152. The van der Waals surface area contributed by atoms with Gasteiger partial charge in [-0.15, -0.1) is 0 Å². The van der Waals surface area contributed by atoms with Gasteiger partial charge in [-0.2, -0.15) is 4.31 Å². The number of likely N-dealkylation sites (N-methyl/N-ethyl adjacent to an activating group) is 1. The number of aryl methyl sites for hydroxylation is 1. The third-order valence-electron chi connectivity index (χ3n) is 5.19. The zero-order valence-electron chi connectivity index (χ0n) is 14.1. The van der Waals surface area contributed by atoms with Crippen LogP contribution in [0.1, 0.15) is 17.6 Å². The molecule has 2 saturated heterocycles. The van der Waals surface area contributed by atoms with Gasteiger partial charge in [-0.1, -0.05) is 23.7 Å². The summed E-state index contributed by atoms with van der Waals surface area (Å²) >= 11 is 6.10. The molecule has 2 fully saturated rings. The van der Waals surface area contributed by atoms with Crippen LogP contribution in [0.5, 0.6) is 0 Å². The molecule has 4 rings (SSSR count). The summed E-state index contributed by atoms with van der Waals surface area (Å²) in [6, 6.07) is 6.58. The number of oxazole rings is 1. The second-order valence-corrected chi connectivity index (χ2v) is 9.44. The lowest BCUT2D eigenvalue weighted by molar-refractivity contribution is 0.0581. The van der Waals surface area contributed by atoms with Gasteiger partial charge in [0.25, 0.3) is 0 Å². The maximum absolute atomic E-state index is 12.9. The average molecular weight is 382 g/mol. The Morgan fingerprint density at radius 3 is 2.64 bits per heavy atom. The molecule has 1 aromatic carbocycles. The first-order valence-electron chi connectivity index (χ1n) is 8.17. The van der Waals surface area contributed by atoms with Crippen LogP contribution in [0.25, 0.3) is 0 Å².